The fourth-order valence-corrected chi connectivity index (χ4v) is 3.13. The van der Waals surface area contributed by atoms with E-state index in [4.69, 9.17) is 0 Å². The molecule has 8 nitrogen and oxygen atoms in total. The molecule has 2 aromatic rings. The number of H-pyrrole nitrogens is 2. The van der Waals surface area contributed by atoms with Crippen molar-refractivity contribution in [3.63, 3.8) is 0 Å². The molecule has 2 aromatic heterocycles. The van der Waals surface area contributed by atoms with E-state index in [1.54, 1.807) is 4.90 Å². The first-order valence-corrected chi connectivity index (χ1v) is 8.18. The number of aromatic amines is 2. The maximum atomic E-state index is 12.7. The molecule has 0 bridgehead atoms. The van der Waals surface area contributed by atoms with E-state index in [1.807, 2.05) is 32.4 Å². The Morgan fingerprint density at radius 3 is 2.80 bits per heavy atom. The number of carbonyl (C=O) groups is 1. The van der Waals surface area contributed by atoms with Gasteiger partial charge in [-0.2, -0.15) is 0 Å². The molecule has 1 saturated heterocycles. The first kappa shape index (κ1) is 17.1. The Bertz CT molecular complexity index is 869. The molecule has 1 fully saturated rings. The molecule has 132 valence electrons. The van der Waals surface area contributed by atoms with Crippen molar-refractivity contribution >= 4 is 5.91 Å². The minimum Gasteiger partial charge on any atom is -0.330 e. The van der Waals surface area contributed by atoms with Crippen molar-refractivity contribution in [2.24, 2.45) is 0 Å². The van der Waals surface area contributed by atoms with Crippen molar-refractivity contribution in [1.82, 2.24) is 24.8 Å². The van der Waals surface area contributed by atoms with Gasteiger partial charge in [0, 0.05) is 25.5 Å². The van der Waals surface area contributed by atoms with Crippen LogP contribution in [-0.4, -0.2) is 51.3 Å². The van der Waals surface area contributed by atoms with Crippen LogP contribution in [0.15, 0.2) is 34.1 Å². The number of hydrogen-bond donors (Lipinski definition) is 2. The minimum absolute atomic E-state index is 0.0595. The second kappa shape index (κ2) is 7.02. The van der Waals surface area contributed by atoms with Gasteiger partial charge in [0.05, 0.1) is 11.7 Å². The van der Waals surface area contributed by atoms with Crippen LogP contribution in [0.4, 0.5) is 0 Å². The molecule has 0 spiro atoms. The van der Waals surface area contributed by atoms with E-state index in [-0.39, 0.29) is 17.5 Å². The largest absolute Gasteiger partial charge is 0.330 e. The molecule has 0 saturated carbocycles. The van der Waals surface area contributed by atoms with Gasteiger partial charge in [-0.05, 0) is 38.6 Å². The summed E-state index contributed by atoms with van der Waals surface area (Å²) in [6.07, 6.45) is 4.64. The van der Waals surface area contributed by atoms with Crippen molar-refractivity contribution in [2.45, 2.75) is 25.4 Å². The molecule has 0 aromatic carbocycles. The number of nitrogens with zero attached hydrogens (tertiary/aromatic N) is 3. The molecule has 0 aliphatic carbocycles. The zero-order valence-electron chi connectivity index (χ0n) is 14.3. The van der Waals surface area contributed by atoms with Crippen molar-refractivity contribution in [3.05, 3.63) is 62.2 Å². The molecule has 1 aliphatic rings. The molecule has 0 radical (unpaired) electrons. The molecule has 2 N–H and O–H groups in total. The Morgan fingerprint density at radius 2 is 2.16 bits per heavy atom. The Kier molecular flexibility index (Phi) is 4.80. The molecular weight excluding hydrogens is 322 g/mol. The Labute approximate surface area is 144 Å². The number of aromatic nitrogens is 3. The quantitative estimate of drug-likeness (QED) is 0.841. The lowest BCUT2D eigenvalue weighted by Crippen LogP contribution is -2.36. The van der Waals surface area contributed by atoms with Crippen LogP contribution in [0.3, 0.4) is 0 Å². The van der Waals surface area contributed by atoms with Crippen LogP contribution >= 0.6 is 0 Å². The summed E-state index contributed by atoms with van der Waals surface area (Å²) >= 11 is 0. The highest BCUT2D eigenvalue weighted by Gasteiger charge is 2.32. The third-order valence-corrected chi connectivity index (χ3v) is 4.25. The molecule has 25 heavy (non-hydrogen) atoms. The SMILES string of the molecule is CN(C)Cc1ccc([C@@H]2CCCN2C(=O)c2c[nH]c(=O)[nH]c2=O)nc1. The van der Waals surface area contributed by atoms with Crippen LogP contribution in [0, 0.1) is 0 Å². The van der Waals surface area contributed by atoms with Gasteiger partial charge >= 0.3 is 5.69 Å². The van der Waals surface area contributed by atoms with Crippen LogP contribution < -0.4 is 11.2 Å². The Hall–Kier alpha value is -2.74. The van der Waals surface area contributed by atoms with E-state index in [9.17, 15) is 14.4 Å². The lowest BCUT2D eigenvalue weighted by molar-refractivity contribution is 0.0730. The number of pyridine rings is 1. The molecule has 3 heterocycles. The first-order valence-electron chi connectivity index (χ1n) is 8.18. The predicted octanol–water partition coefficient (Wildman–Crippen LogP) is 0.497. The standard InChI is InChI=1S/C17H21N5O3/c1-21(2)10-11-5-6-13(18-8-11)14-4-3-7-22(14)16(24)12-9-19-17(25)20-15(12)23/h5-6,8-9,14H,3-4,7,10H2,1-2H3,(H2,19,20,23,25)/t14-/m0/s1. The number of nitrogens with one attached hydrogen (secondary N) is 2. The van der Waals surface area contributed by atoms with Gasteiger partial charge in [0.2, 0.25) is 0 Å². The number of carbonyl (C=O) groups excluding carboxylic acids is 1. The highest BCUT2D eigenvalue weighted by atomic mass is 16.2. The fraction of sp³-hybridized carbons (Fsp3) is 0.412. The second-order valence-electron chi connectivity index (χ2n) is 6.47. The van der Waals surface area contributed by atoms with E-state index < -0.39 is 11.2 Å². The van der Waals surface area contributed by atoms with Gasteiger partial charge in [-0.15, -0.1) is 0 Å². The van der Waals surface area contributed by atoms with E-state index in [1.165, 1.54) is 6.20 Å². The molecule has 3 rings (SSSR count). The molecule has 1 atom stereocenters. The first-order chi connectivity index (χ1) is 12.0. The van der Waals surface area contributed by atoms with Gasteiger partial charge in [-0.1, -0.05) is 6.07 Å². The summed E-state index contributed by atoms with van der Waals surface area (Å²) in [5.74, 6) is -0.390. The highest BCUT2D eigenvalue weighted by molar-refractivity contribution is 5.94. The smallest absolute Gasteiger partial charge is 0.325 e. The van der Waals surface area contributed by atoms with Crippen LogP contribution in [0.1, 0.15) is 40.5 Å². The molecule has 0 unspecified atom stereocenters. The third kappa shape index (κ3) is 3.69. The van der Waals surface area contributed by atoms with Gasteiger partial charge in [0.15, 0.2) is 0 Å². The number of hydrogen-bond acceptors (Lipinski definition) is 5. The van der Waals surface area contributed by atoms with Crippen molar-refractivity contribution in [1.29, 1.82) is 0 Å². The van der Waals surface area contributed by atoms with E-state index in [0.29, 0.717) is 6.54 Å². The monoisotopic (exact) mass is 343 g/mol. The molecule has 8 heteroatoms. The zero-order valence-corrected chi connectivity index (χ0v) is 14.3. The summed E-state index contributed by atoms with van der Waals surface area (Å²) in [6.45, 7) is 1.36. The van der Waals surface area contributed by atoms with Gasteiger partial charge in [0.1, 0.15) is 5.56 Å². The number of amides is 1. The van der Waals surface area contributed by atoms with Crippen molar-refractivity contribution < 1.29 is 4.79 Å². The minimum atomic E-state index is -0.673. The molecule has 1 aliphatic heterocycles. The summed E-state index contributed by atoms with van der Waals surface area (Å²) in [7, 11) is 3.99. The number of rotatable bonds is 4. The van der Waals surface area contributed by atoms with Crippen LogP contribution in [-0.2, 0) is 6.54 Å². The summed E-state index contributed by atoms with van der Waals surface area (Å²) < 4.78 is 0. The van der Waals surface area contributed by atoms with Gasteiger partial charge < -0.3 is 14.8 Å². The average molecular weight is 343 g/mol. The lowest BCUT2D eigenvalue weighted by atomic mass is 10.1. The predicted molar refractivity (Wildman–Crippen MR) is 92.3 cm³/mol. The van der Waals surface area contributed by atoms with Crippen LogP contribution in [0.25, 0.3) is 0 Å². The van der Waals surface area contributed by atoms with Crippen molar-refractivity contribution in [3.8, 4) is 0 Å². The Balaban J connectivity index is 1.83. The maximum absolute atomic E-state index is 12.7. The molecular formula is C17H21N5O3. The van der Waals surface area contributed by atoms with Gasteiger partial charge in [0.25, 0.3) is 11.5 Å². The lowest BCUT2D eigenvalue weighted by Gasteiger charge is -2.24. The Morgan fingerprint density at radius 1 is 1.36 bits per heavy atom. The highest BCUT2D eigenvalue weighted by Crippen LogP contribution is 2.31. The zero-order chi connectivity index (χ0) is 18.0. The van der Waals surface area contributed by atoms with Crippen LogP contribution in [0.5, 0.6) is 0 Å². The molecule has 1 amide bonds. The van der Waals surface area contributed by atoms with Crippen molar-refractivity contribution in [2.75, 3.05) is 20.6 Å². The maximum Gasteiger partial charge on any atom is 0.325 e. The summed E-state index contributed by atoms with van der Waals surface area (Å²) in [4.78, 5) is 48.4. The summed E-state index contributed by atoms with van der Waals surface area (Å²) in [5.41, 5.74) is 0.554. The van der Waals surface area contributed by atoms with E-state index in [2.05, 4.69) is 19.9 Å². The van der Waals surface area contributed by atoms with E-state index >= 15 is 0 Å². The summed E-state index contributed by atoms with van der Waals surface area (Å²) in [5, 5.41) is 0. The average Bonchev–Trinajstić information content (AvgIpc) is 3.04. The fourth-order valence-electron chi connectivity index (χ4n) is 3.13. The topological polar surface area (TPSA) is 102 Å². The third-order valence-electron chi connectivity index (χ3n) is 4.25. The summed E-state index contributed by atoms with van der Waals surface area (Å²) in [6, 6.07) is 3.79. The normalized spacial score (nSPS) is 17.2. The second-order valence-corrected chi connectivity index (χ2v) is 6.47. The number of likely N-dealkylation sites (tertiary alicyclic amines) is 1. The van der Waals surface area contributed by atoms with Crippen LogP contribution in [0.2, 0.25) is 0 Å². The van der Waals surface area contributed by atoms with E-state index in [0.717, 1.165) is 30.6 Å². The van der Waals surface area contributed by atoms with Gasteiger partial charge in [-0.3, -0.25) is 19.6 Å². The van der Waals surface area contributed by atoms with Gasteiger partial charge in [-0.25, -0.2) is 4.79 Å².